The molecule has 2 unspecified atom stereocenters. The molecule has 138 valence electrons. The summed E-state index contributed by atoms with van der Waals surface area (Å²) in [4.78, 5) is 7.29. The van der Waals surface area contributed by atoms with Crippen molar-refractivity contribution in [2.45, 2.75) is 43.2 Å². The van der Waals surface area contributed by atoms with Crippen molar-refractivity contribution < 1.29 is 4.42 Å². The minimum atomic E-state index is 0.271. The van der Waals surface area contributed by atoms with Crippen LogP contribution in [0.15, 0.2) is 65.2 Å². The molecule has 0 aliphatic carbocycles. The van der Waals surface area contributed by atoms with E-state index in [2.05, 4.69) is 36.2 Å². The van der Waals surface area contributed by atoms with Crippen LogP contribution < -0.4 is 0 Å². The molecular weight excluding hydrogens is 356 g/mol. The van der Waals surface area contributed by atoms with E-state index < -0.39 is 0 Å². The van der Waals surface area contributed by atoms with Gasteiger partial charge in [-0.25, -0.2) is 4.98 Å². The number of hydrogen-bond donors (Lipinski definition) is 0. The number of hydrogen-bond acceptors (Lipinski definition) is 3. The molecule has 4 atom stereocenters. The molecular formula is C23H23ClN2O. The van der Waals surface area contributed by atoms with Crippen LogP contribution in [0.3, 0.4) is 0 Å². The molecule has 2 aliphatic rings. The van der Waals surface area contributed by atoms with Crippen LogP contribution in [0.4, 0.5) is 0 Å². The van der Waals surface area contributed by atoms with Gasteiger partial charge >= 0.3 is 0 Å². The first-order valence-electron chi connectivity index (χ1n) is 9.69. The van der Waals surface area contributed by atoms with Gasteiger partial charge in [0.05, 0.1) is 12.1 Å². The summed E-state index contributed by atoms with van der Waals surface area (Å²) in [6.45, 7) is 0. The highest BCUT2D eigenvalue weighted by Gasteiger charge is 2.48. The number of likely N-dealkylation sites (N-methyl/N-ethyl adjacent to an activating group) is 1. The molecule has 3 heterocycles. The summed E-state index contributed by atoms with van der Waals surface area (Å²) in [7, 11) is 2.26. The quantitative estimate of drug-likeness (QED) is 0.582. The zero-order valence-electron chi connectivity index (χ0n) is 15.4. The Bertz CT molecular complexity index is 921. The summed E-state index contributed by atoms with van der Waals surface area (Å²) in [6, 6.07) is 19.7. The molecule has 3 nitrogen and oxygen atoms in total. The molecule has 0 amide bonds. The van der Waals surface area contributed by atoms with Gasteiger partial charge in [-0.15, -0.1) is 0 Å². The average Bonchev–Trinajstić information content (AvgIpc) is 3.26. The molecule has 2 bridgehead atoms. The Morgan fingerprint density at radius 1 is 1.04 bits per heavy atom. The zero-order chi connectivity index (χ0) is 18.4. The molecule has 3 aromatic rings. The zero-order valence-corrected chi connectivity index (χ0v) is 16.1. The summed E-state index contributed by atoms with van der Waals surface area (Å²) in [5.74, 6) is 2.40. The van der Waals surface area contributed by atoms with Gasteiger partial charge in [0.2, 0.25) is 0 Å². The number of benzene rings is 2. The van der Waals surface area contributed by atoms with Crippen molar-refractivity contribution in [1.82, 2.24) is 9.88 Å². The topological polar surface area (TPSA) is 29.3 Å². The molecule has 0 spiro atoms. The van der Waals surface area contributed by atoms with E-state index in [-0.39, 0.29) is 5.92 Å². The van der Waals surface area contributed by atoms with E-state index in [0.717, 1.165) is 28.7 Å². The molecule has 2 aliphatic heterocycles. The second-order valence-corrected chi connectivity index (χ2v) is 8.25. The number of piperidine rings is 1. The van der Waals surface area contributed by atoms with Gasteiger partial charge < -0.3 is 4.42 Å². The van der Waals surface area contributed by atoms with Crippen molar-refractivity contribution in [2.75, 3.05) is 7.05 Å². The Morgan fingerprint density at radius 2 is 1.81 bits per heavy atom. The lowest BCUT2D eigenvalue weighted by atomic mass is 9.76. The third-order valence-corrected chi connectivity index (χ3v) is 6.69. The summed E-state index contributed by atoms with van der Waals surface area (Å²) in [5.41, 5.74) is 2.42. The van der Waals surface area contributed by atoms with Gasteiger partial charge in [0.25, 0.3) is 0 Å². The Balaban J connectivity index is 1.54. The maximum atomic E-state index is 6.32. The largest absolute Gasteiger partial charge is 0.440 e. The van der Waals surface area contributed by atoms with E-state index in [9.17, 15) is 0 Å². The fraction of sp³-hybridized carbons (Fsp3) is 0.348. The molecule has 4 heteroatoms. The number of oxazole rings is 1. The van der Waals surface area contributed by atoms with E-state index in [0.29, 0.717) is 18.0 Å². The third kappa shape index (κ3) is 2.99. The third-order valence-electron chi connectivity index (χ3n) is 6.43. The lowest BCUT2D eigenvalue weighted by molar-refractivity contribution is 0.124. The van der Waals surface area contributed by atoms with Crippen LogP contribution in [0, 0.1) is 0 Å². The van der Waals surface area contributed by atoms with Gasteiger partial charge in [-0.2, -0.15) is 0 Å². The summed E-state index contributed by atoms with van der Waals surface area (Å²) in [6.07, 6.45) is 5.49. The Morgan fingerprint density at radius 3 is 2.59 bits per heavy atom. The standard InChI is InChI=1S/C23H23ClN2O/c1-26-18-11-12-20(26)22(19(13-18)15-7-9-17(24)10-8-15)23-25-14-21(27-23)16-5-3-2-4-6-16/h2-10,14,18-20,22H,11-13H2,1H3/t18-,19-,20?,22?/m1/s1. The maximum Gasteiger partial charge on any atom is 0.200 e. The molecule has 1 aromatic heterocycles. The molecule has 0 N–H and O–H groups in total. The first kappa shape index (κ1) is 17.0. The van der Waals surface area contributed by atoms with E-state index >= 15 is 0 Å². The lowest BCUT2D eigenvalue weighted by Crippen LogP contribution is -2.44. The van der Waals surface area contributed by atoms with Crippen molar-refractivity contribution in [2.24, 2.45) is 0 Å². The van der Waals surface area contributed by atoms with Gasteiger partial charge in [-0.3, -0.25) is 4.90 Å². The van der Waals surface area contributed by atoms with Gasteiger partial charge in [0.1, 0.15) is 0 Å². The lowest BCUT2D eigenvalue weighted by Gasteiger charge is -2.41. The molecule has 2 aromatic carbocycles. The van der Waals surface area contributed by atoms with Crippen molar-refractivity contribution in [1.29, 1.82) is 0 Å². The molecule has 27 heavy (non-hydrogen) atoms. The molecule has 2 saturated heterocycles. The van der Waals surface area contributed by atoms with Crippen molar-refractivity contribution in [3.63, 3.8) is 0 Å². The minimum Gasteiger partial charge on any atom is -0.440 e. The van der Waals surface area contributed by atoms with Crippen LogP contribution in [-0.4, -0.2) is 29.0 Å². The fourth-order valence-electron chi connectivity index (χ4n) is 5.03. The molecule has 2 fully saturated rings. The van der Waals surface area contributed by atoms with Crippen LogP contribution in [0.1, 0.15) is 42.6 Å². The maximum absolute atomic E-state index is 6.32. The Hall–Kier alpha value is -2.10. The van der Waals surface area contributed by atoms with Crippen LogP contribution in [-0.2, 0) is 0 Å². The number of halogens is 1. The monoisotopic (exact) mass is 378 g/mol. The highest BCUT2D eigenvalue weighted by atomic mass is 35.5. The molecule has 5 rings (SSSR count). The summed E-state index contributed by atoms with van der Waals surface area (Å²) >= 11 is 6.13. The van der Waals surface area contributed by atoms with E-state index in [1.807, 2.05) is 36.5 Å². The number of aromatic nitrogens is 1. The average molecular weight is 379 g/mol. The van der Waals surface area contributed by atoms with Crippen molar-refractivity contribution in [3.05, 3.63) is 77.3 Å². The van der Waals surface area contributed by atoms with Gasteiger partial charge in [-0.1, -0.05) is 54.1 Å². The highest BCUT2D eigenvalue weighted by Crippen LogP contribution is 2.51. The Labute approximate surface area is 165 Å². The smallest absolute Gasteiger partial charge is 0.200 e. The molecule has 0 saturated carbocycles. The van der Waals surface area contributed by atoms with Crippen molar-refractivity contribution >= 4 is 11.6 Å². The fourth-order valence-corrected chi connectivity index (χ4v) is 5.16. The predicted octanol–water partition coefficient (Wildman–Crippen LogP) is 5.73. The van der Waals surface area contributed by atoms with Gasteiger partial charge in [0, 0.05) is 22.7 Å². The van der Waals surface area contributed by atoms with E-state index in [1.54, 1.807) is 0 Å². The van der Waals surface area contributed by atoms with Crippen LogP contribution in [0.5, 0.6) is 0 Å². The molecule has 0 radical (unpaired) electrons. The van der Waals surface area contributed by atoms with Gasteiger partial charge in [-0.05, 0) is 49.9 Å². The second kappa shape index (κ2) is 6.81. The SMILES string of the molecule is CN1C2CC[C@@H]1C[C@H](c1ccc(Cl)cc1)C2c1ncc(-c2ccccc2)o1. The summed E-state index contributed by atoms with van der Waals surface area (Å²) in [5, 5.41) is 0.786. The Kier molecular flexibility index (Phi) is 4.30. The second-order valence-electron chi connectivity index (χ2n) is 7.81. The number of rotatable bonds is 3. The van der Waals surface area contributed by atoms with Crippen LogP contribution >= 0.6 is 11.6 Å². The highest BCUT2D eigenvalue weighted by molar-refractivity contribution is 6.30. The van der Waals surface area contributed by atoms with Gasteiger partial charge in [0.15, 0.2) is 11.7 Å². The van der Waals surface area contributed by atoms with Crippen LogP contribution in [0.2, 0.25) is 5.02 Å². The summed E-state index contributed by atoms with van der Waals surface area (Å²) < 4.78 is 6.32. The minimum absolute atomic E-state index is 0.271. The number of nitrogens with zero attached hydrogens (tertiary/aromatic N) is 2. The first-order valence-corrected chi connectivity index (χ1v) is 10.1. The normalized spacial score (nSPS) is 27.8. The predicted molar refractivity (Wildman–Crippen MR) is 108 cm³/mol. The van der Waals surface area contributed by atoms with E-state index in [4.69, 9.17) is 21.0 Å². The number of fused-ring (bicyclic) bond motifs is 2. The van der Waals surface area contributed by atoms with Crippen molar-refractivity contribution in [3.8, 4) is 11.3 Å². The first-order chi connectivity index (χ1) is 13.2. The van der Waals surface area contributed by atoms with Crippen LogP contribution in [0.25, 0.3) is 11.3 Å². The van der Waals surface area contributed by atoms with E-state index in [1.165, 1.54) is 18.4 Å².